The molecule has 41 heavy (non-hydrogen) atoms. The molecule has 3 aromatic rings. The van der Waals surface area contributed by atoms with Gasteiger partial charge in [-0.3, -0.25) is 9.36 Å². The molecular formula is C24H27ClN10O6. The zero-order valence-corrected chi connectivity index (χ0v) is 22.6. The molecule has 0 radical (unpaired) electrons. The van der Waals surface area contributed by atoms with E-state index in [1.165, 1.54) is 17.2 Å². The van der Waals surface area contributed by atoms with Gasteiger partial charge >= 0.3 is 5.97 Å². The number of carboxylic acid groups (broad SMARTS) is 1. The van der Waals surface area contributed by atoms with E-state index in [1.54, 1.807) is 23.1 Å². The maximum Gasteiger partial charge on any atom is 0.333 e. The van der Waals surface area contributed by atoms with Crippen LogP contribution < -0.4 is 10.1 Å². The van der Waals surface area contributed by atoms with Crippen molar-refractivity contribution in [3.8, 4) is 5.75 Å². The van der Waals surface area contributed by atoms with Gasteiger partial charge in [0, 0.05) is 48.2 Å². The summed E-state index contributed by atoms with van der Waals surface area (Å²) < 4.78 is 12.7. The number of carbonyl (C=O) groups is 2. The Hall–Kier alpha value is -4.21. The molecule has 16 nitrogen and oxygen atoms in total. The number of imidazole rings is 1. The monoisotopic (exact) mass is 586 g/mol. The van der Waals surface area contributed by atoms with Crippen LogP contribution in [0.25, 0.3) is 21.6 Å². The lowest BCUT2D eigenvalue weighted by Crippen LogP contribution is -2.48. The van der Waals surface area contributed by atoms with Crippen molar-refractivity contribution in [2.24, 2.45) is 5.11 Å². The normalized spacial score (nSPS) is 22.9. The smallest absolute Gasteiger partial charge is 0.333 e. The number of ether oxygens (including phenoxy) is 2. The maximum absolute atomic E-state index is 12.7. The van der Waals surface area contributed by atoms with Gasteiger partial charge in [-0.05, 0) is 30.8 Å². The summed E-state index contributed by atoms with van der Waals surface area (Å²) >= 11 is 6.24. The lowest BCUT2D eigenvalue weighted by Gasteiger charge is -2.32. The van der Waals surface area contributed by atoms with Crippen LogP contribution in [0.2, 0.25) is 5.02 Å². The van der Waals surface area contributed by atoms with Crippen LogP contribution in [0.15, 0.2) is 36.0 Å². The molecule has 17 heteroatoms. The summed E-state index contributed by atoms with van der Waals surface area (Å²) in [5, 5.41) is 27.2. The number of likely N-dealkylation sites (N-methyl/N-ethyl adjacent to an activating group) is 1. The lowest BCUT2D eigenvalue weighted by molar-refractivity contribution is -0.152. The third-order valence-corrected chi connectivity index (χ3v) is 7.21. The number of rotatable bonds is 9. The highest BCUT2D eigenvalue weighted by Crippen LogP contribution is 2.34. The van der Waals surface area contributed by atoms with Crippen LogP contribution in [0.3, 0.4) is 0 Å². The van der Waals surface area contributed by atoms with Crippen molar-refractivity contribution in [1.82, 2.24) is 29.3 Å². The van der Waals surface area contributed by atoms with Gasteiger partial charge in [-0.25, -0.2) is 19.7 Å². The standard InChI is InChI=1S/C24H27ClN10O6/c1-33-4-6-34(7-5-33)16(36)10-40-15-3-2-14(25)8-13(15)9-27-21-18-22(29-11-28-21)35(12-30-18)23-19(37)17(31-32-26)20(41-23)24(38)39/h2-3,8,11-12,17,19-20,23,37H,4-7,9-10H2,1H3,(H,38,39)(H,27,28,29)/t17-,19+,20-,23+/m0/s1. The van der Waals surface area contributed by atoms with Gasteiger partial charge in [-0.15, -0.1) is 0 Å². The van der Waals surface area contributed by atoms with Crippen LogP contribution in [0.5, 0.6) is 5.75 Å². The van der Waals surface area contributed by atoms with Crippen LogP contribution in [-0.4, -0.2) is 109 Å². The first-order chi connectivity index (χ1) is 19.8. The molecule has 216 valence electrons. The van der Waals surface area contributed by atoms with Crippen molar-refractivity contribution in [3.63, 3.8) is 0 Å². The predicted octanol–water partition coefficient (Wildman–Crippen LogP) is 1.27. The molecule has 2 saturated heterocycles. The molecule has 0 unspecified atom stereocenters. The number of nitrogens with zero attached hydrogens (tertiary/aromatic N) is 9. The number of carbonyl (C=O) groups excluding carboxylic acids is 1. The molecule has 4 heterocycles. The summed E-state index contributed by atoms with van der Waals surface area (Å²) in [5.74, 6) is -0.664. The number of hydrogen-bond donors (Lipinski definition) is 3. The fourth-order valence-corrected chi connectivity index (χ4v) is 4.94. The number of piperazine rings is 1. The highest BCUT2D eigenvalue weighted by Gasteiger charge is 2.48. The van der Waals surface area contributed by atoms with Gasteiger partial charge < -0.3 is 34.8 Å². The molecule has 0 aliphatic carbocycles. The summed E-state index contributed by atoms with van der Waals surface area (Å²) in [6, 6.07) is 3.74. The highest BCUT2D eigenvalue weighted by atomic mass is 35.5. The number of nitrogens with one attached hydrogen (secondary N) is 1. The van der Waals surface area contributed by atoms with Crippen molar-refractivity contribution in [1.29, 1.82) is 0 Å². The van der Waals surface area contributed by atoms with Gasteiger partial charge in [0.25, 0.3) is 5.91 Å². The minimum Gasteiger partial charge on any atom is -0.483 e. The van der Waals surface area contributed by atoms with Crippen LogP contribution in [-0.2, 0) is 20.9 Å². The molecule has 0 spiro atoms. The molecule has 4 atom stereocenters. The number of anilines is 1. The van der Waals surface area contributed by atoms with E-state index in [4.69, 9.17) is 26.6 Å². The van der Waals surface area contributed by atoms with Crippen LogP contribution in [0, 0.1) is 0 Å². The van der Waals surface area contributed by atoms with Gasteiger partial charge in [0.1, 0.15) is 24.2 Å². The van der Waals surface area contributed by atoms with E-state index in [9.17, 15) is 19.8 Å². The minimum absolute atomic E-state index is 0.0980. The minimum atomic E-state index is -1.55. The number of halogens is 1. The quantitative estimate of drug-likeness (QED) is 0.185. The van der Waals surface area contributed by atoms with Crippen LogP contribution >= 0.6 is 11.6 Å². The second kappa shape index (κ2) is 12.1. The molecule has 2 aliphatic rings. The summed E-state index contributed by atoms with van der Waals surface area (Å²) in [6.07, 6.45) is -1.63. The Morgan fingerprint density at radius 1 is 1.27 bits per heavy atom. The van der Waals surface area contributed by atoms with E-state index >= 15 is 0 Å². The van der Waals surface area contributed by atoms with Crippen molar-refractivity contribution >= 4 is 40.5 Å². The molecule has 2 aromatic heterocycles. The van der Waals surface area contributed by atoms with Crippen molar-refractivity contribution < 1.29 is 29.3 Å². The van der Waals surface area contributed by atoms with Crippen molar-refractivity contribution in [2.75, 3.05) is 45.2 Å². The Bertz CT molecular complexity index is 1490. The highest BCUT2D eigenvalue weighted by molar-refractivity contribution is 6.30. The van der Waals surface area contributed by atoms with E-state index in [0.29, 0.717) is 40.8 Å². The average Bonchev–Trinajstić information content (AvgIpc) is 3.53. The molecule has 0 saturated carbocycles. The molecule has 5 rings (SSSR count). The van der Waals surface area contributed by atoms with Gasteiger partial charge in [-0.1, -0.05) is 16.7 Å². The predicted molar refractivity (Wildman–Crippen MR) is 144 cm³/mol. The number of azide groups is 1. The topological polar surface area (TPSA) is 204 Å². The number of hydrogen-bond acceptors (Lipinski definition) is 11. The van der Waals surface area contributed by atoms with E-state index in [-0.39, 0.29) is 24.7 Å². The molecule has 1 aromatic carbocycles. The van der Waals surface area contributed by atoms with E-state index in [2.05, 4.69) is 35.2 Å². The second-order valence-corrected chi connectivity index (χ2v) is 10.0. The maximum atomic E-state index is 12.7. The van der Waals surface area contributed by atoms with Crippen LogP contribution in [0.1, 0.15) is 11.8 Å². The number of aromatic nitrogens is 4. The summed E-state index contributed by atoms with van der Waals surface area (Å²) in [4.78, 5) is 43.6. The number of fused-ring (bicyclic) bond motifs is 1. The number of aliphatic hydroxyl groups excluding tert-OH is 1. The molecule has 1 amide bonds. The third-order valence-electron chi connectivity index (χ3n) is 6.98. The van der Waals surface area contributed by atoms with E-state index < -0.39 is 30.4 Å². The first-order valence-electron chi connectivity index (χ1n) is 12.7. The number of benzene rings is 1. The first-order valence-corrected chi connectivity index (χ1v) is 13.0. The number of aliphatic hydroxyl groups is 1. The Morgan fingerprint density at radius 2 is 2.05 bits per heavy atom. The Kier molecular flexibility index (Phi) is 8.37. The summed E-state index contributed by atoms with van der Waals surface area (Å²) in [7, 11) is 2.02. The fourth-order valence-electron chi connectivity index (χ4n) is 4.74. The van der Waals surface area contributed by atoms with E-state index in [0.717, 1.165) is 13.1 Å². The number of aliphatic carboxylic acids is 1. The molecule has 0 bridgehead atoms. The SMILES string of the molecule is CN1CCN(C(=O)COc2ccc(Cl)cc2CNc2ncnc3c2ncn3[C@@H]2O[C@H](C(=O)O)[C@@H](N=[N+]=[N-])[C@H]2O)CC1. The van der Waals surface area contributed by atoms with Gasteiger partial charge in [0.05, 0.1) is 6.33 Å². The van der Waals surface area contributed by atoms with Gasteiger partial charge in [-0.2, -0.15) is 0 Å². The number of carboxylic acids is 1. The lowest BCUT2D eigenvalue weighted by atomic mass is 10.1. The number of amides is 1. The second-order valence-electron chi connectivity index (χ2n) is 9.60. The van der Waals surface area contributed by atoms with E-state index in [1.807, 2.05) is 7.05 Å². The van der Waals surface area contributed by atoms with Crippen molar-refractivity contribution in [3.05, 3.63) is 51.9 Å². The Labute approximate surface area is 238 Å². The van der Waals surface area contributed by atoms with Crippen LogP contribution in [0.4, 0.5) is 5.82 Å². The third kappa shape index (κ3) is 5.96. The average molecular weight is 587 g/mol. The largest absolute Gasteiger partial charge is 0.483 e. The zero-order valence-electron chi connectivity index (χ0n) is 21.9. The first kappa shape index (κ1) is 28.3. The summed E-state index contributed by atoms with van der Waals surface area (Å²) in [5.41, 5.74) is 10.0. The van der Waals surface area contributed by atoms with Gasteiger partial charge in [0.2, 0.25) is 0 Å². The Morgan fingerprint density at radius 3 is 2.78 bits per heavy atom. The Balaban J connectivity index is 1.31. The summed E-state index contributed by atoms with van der Waals surface area (Å²) in [6.45, 7) is 3.02. The van der Waals surface area contributed by atoms with Gasteiger partial charge in [0.15, 0.2) is 35.9 Å². The molecule has 2 aliphatic heterocycles. The molecular weight excluding hydrogens is 560 g/mol. The fraction of sp³-hybridized carbons (Fsp3) is 0.458. The molecule has 2 fully saturated rings. The zero-order chi connectivity index (χ0) is 29.1. The van der Waals surface area contributed by atoms with Crippen molar-refractivity contribution in [2.45, 2.75) is 31.0 Å². The molecule has 3 N–H and O–H groups in total.